The molecule has 1 rings (SSSR count). The zero-order valence-corrected chi connectivity index (χ0v) is 11.0. The fourth-order valence-electron chi connectivity index (χ4n) is 1.50. The minimum Gasteiger partial charge on any atom is -0.298 e. The normalized spacial score (nSPS) is 11.0. The summed E-state index contributed by atoms with van der Waals surface area (Å²) in [6.07, 6.45) is 3.82. The number of halogens is 1. The lowest BCUT2D eigenvalue weighted by molar-refractivity contribution is 0.408. The van der Waals surface area contributed by atoms with Gasteiger partial charge in [-0.25, -0.2) is 4.98 Å². The average molecular weight is 273 g/mol. The van der Waals surface area contributed by atoms with Crippen molar-refractivity contribution < 1.29 is 0 Å². The fraction of sp³-hybridized carbons (Fsp3) is 0.636. The molecule has 0 aliphatic heterocycles. The van der Waals surface area contributed by atoms with Crippen LogP contribution in [0.15, 0.2) is 15.6 Å². The quantitative estimate of drug-likeness (QED) is 0.845. The predicted molar refractivity (Wildman–Crippen MR) is 65.0 cm³/mol. The second-order valence-corrected chi connectivity index (χ2v) is 4.58. The molecule has 0 fully saturated rings. The minimum atomic E-state index is 0.0226. The van der Waals surface area contributed by atoms with Crippen LogP contribution in [0.4, 0.5) is 0 Å². The number of aromatic nitrogens is 2. The van der Waals surface area contributed by atoms with E-state index >= 15 is 0 Å². The Bertz CT molecular complexity index is 383. The van der Waals surface area contributed by atoms with E-state index < -0.39 is 0 Å². The molecule has 0 bridgehead atoms. The molecular formula is C11H17BrN2O. The van der Waals surface area contributed by atoms with Gasteiger partial charge in [0.25, 0.3) is 5.56 Å². The first kappa shape index (κ1) is 12.4. The van der Waals surface area contributed by atoms with Gasteiger partial charge in [0, 0.05) is 6.54 Å². The van der Waals surface area contributed by atoms with Crippen molar-refractivity contribution >= 4 is 15.9 Å². The highest BCUT2D eigenvalue weighted by Crippen LogP contribution is 2.11. The average Bonchev–Trinajstić information content (AvgIpc) is 2.25. The number of hydrogen-bond acceptors (Lipinski definition) is 2. The lowest BCUT2D eigenvalue weighted by Gasteiger charge is -2.14. The molecule has 1 heterocycles. The molecule has 0 saturated heterocycles. The van der Waals surface area contributed by atoms with Crippen molar-refractivity contribution in [1.29, 1.82) is 0 Å². The molecule has 0 aromatic carbocycles. The van der Waals surface area contributed by atoms with Crippen LogP contribution in [0.25, 0.3) is 0 Å². The van der Waals surface area contributed by atoms with E-state index in [-0.39, 0.29) is 5.56 Å². The van der Waals surface area contributed by atoms with Gasteiger partial charge in [-0.3, -0.25) is 9.36 Å². The summed E-state index contributed by atoms with van der Waals surface area (Å²) in [5.74, 6) is 0.555. The van der Waals surface area contributed by atoms with Gasteiger partial charge >= 0.3 is 0 Å². The van der Waals surface area contributed by atoms with Crippen molar-refractivity contribution in [2.24, 2.45) is 5.92 Å². The van der Waals surface area contributed by atoms with Gasteiger partial charge in [0.2, 0.25) is 0 Å². The van der Waals surface area contributed by atoms with E-state index in [2.05, 4.69) is 34.8 Å². The number of nitrogens with zero attached hydrogens (tertiary/aromatic N) is 2. The van der Waals surface area contributed by atoms with Crippen molar-refractivity contribution in [3.63, 3.8) is 0 Å². The Morgan fingerprint density at radius 3 is 2.60 bits per heavy atom. The molecule has 0 aliphatic rings. The van der Waals surface area contributed by atoms with Crippen LogP contribution in [0.2, 0.25) is 0 Å². The molecule has 0 amide bonds. The number of aryl methyl sites for hydroxylation is 1. The lowest BCUT2D eigenvalue weighted by Crippen LogP contribution is -2.25. The van der Waals surface area contributed by atoms with Crippen LogP contribution in [-0.2, 0) is 6.54 Å². The summed E-state index contributed by atoms with van der Waals surface area (Å²) in [5, 5.41) is 0. The summed E-state index contributed by atoms with van der Waals surface area (Å²) in [6.45, 7) is 6.89. The van der Waals surface area contributed by atoms with Gasteiger partial charge < -0.3 is 0 Å². The summed E-state index contributed by atoms with van der Waals surface area (Å²) in [6, 6.07) is 0. The van der Waals surface area contributed by atoms with Crippen molar-refractivity contribution in [3.8, 4) is 0 Å². The summed E-state index contributed by atoms with van der Waals surface area (Å²) < 4.78 is 2.27. The molecule has 0 spiro atoms. The Morgan fingerprint density at radius 1 is 1.47 bits per heavy atom. The van der Waals surface area contributed by atoms with E-state index in [9.17, 15) is 4.79 Å². The SMILES string of the molecule is CCC(CC)Cn1cnc(C)c(Br)c1=O. The Hall–Kier alpha value is -0.640. The Labute approximate surface area is 98.7 Å². The topological polar surface area (TPSA) is 34.9 Å². The molecule has 1 aromatic heterocycles. The highest BCUT2D eigenvalue weighted by atomic mass is 79.9. The Balaban J connectivity index is 2.96. The molecule has 4 heteroatoms. The van der Waals surface area contributed by atoms with E-state index in [1.54, 1.807) is 10.9 Å². The van der Waals surface area contributed by atoms with Crippen LogP contribution in [0, 0.1) is 12.8 Å². The number of rotatable bonds is 4. The summed E-state index contributed by atoms with van der Waals surface area (Å²) in [4.78, 5) is 16.0. The Kier molecular flexibility index (Phi) is 4.51. The summed E-state index contributed by atoms with van der Waals surface area (Å²) in [5.41, 5.74) is 0.773. The van der Waals surface area contributed by atoms with Crippen molar-refractivity contribution in [3.05, 3.63) is 26.8 Å². The smallest absolute Gasteiger partial charge is 0.267 e. The van der Waals surface area contributed by atoms with Gasteiger partial charge in [-0.15, -0.1) is 0 Å². The third-order valence-corrected chi connectivity index (χ3v) is 3.68. The van der Waals surface area contributed by atoms with Gasteiger partial charge in [-0.05, 0) is 28.8 Å². The van der Waals surface area contributed by atoms with Crippen LogP contribution >= 0.6 is 15.9 Å². The maximum atomic E-state index is 11.8. The highest BCUT2D eigenvalue weighted by Gasteiger charge is 2.09. The van der Waals surface area contributed by atoms with Crippen molar-refractivity contribution in [1.82, 2.24) is 9.55 Å². The van der Waals surface area contributed by atoms with Gasteiger partial charge in [0.15, 0.2) is 0 Å². The first-order valence-corrected chi connectivity index (χ1v) is 6.10. The second-order valence-electron chi connectivity index (χ2n) is 3.78. The maximum Gasteiger partial charge on any atom is 0.267 e. The van der Waals surface area contributed by atoms with Gasteiger partial charge in [-0.2, -0.15) is 0 Å². The molecule has 0 atom stereocenters. The first-order valence-electron chi connectivity index (χ1n) is 5.31. The van der Waals surface area contributed by atoms with Gasteiger partial charge in [0.1, 0.15) is 4.47 Å². The molecule has 0 aliphatic carbocycles. The summed E-state index contributed by atoms with van der Waals surface area (Å²) in [7, 11) is 0. The third-order valence-electron chi connectivity index (χ3n) is 2.77. The largest absolute Gasteiger partial charge is 0.298 e. The summed E-state index contributed by atoms with van der Waals surface area (Å²) >= 11 is 3.27. The van der Waals surface area contributed by atoms with Crippen LogP contribution in [-0.4, -0.2) is 9.55 Å². The molecule has 0 radical (unpaired) electrons. The zero-order valence-electron chi connectivity index (χ0n) is 9.46. The Morgan fingerprint density at radius 2 is 2.07 bits per heavy atom. The van der Waals surface area contributed by atoms with E-state index in [0.29, 0.717) is 10.4 Å². The van der Waals surface area contributed by atoms with Crippen LogP contribution < -0.4 is 5.56 Å². The third kappa shape index (κ3) is 2.91. The van der Waals surface area contributed by atoms with Crippen LogP contribution in [0.5, 0.6) is 0 Å². The fourth-order valence-corrected chi connectivity index (χ4v) is 1.83. The first-order chi connectivity index (χ1) is 7.10. The van der Waals surface area contributed by atoms with Crippen LogP contribution in [0.1, 0.15) is 32.4 Å². The predicted octanol–water partition coefficient (Wildman–Crippen LogP) is 2.75. The highest BCUT2D eigenvalue weighted by molar-refractivity contribution is 9.10. The van der Waals surface area contributed by atoms with Gasteiger partial charge in [-0.1, -0.05) is 26.7 Å². The lowest BCUT2D eigenvalue weighted by atomic mass is 10.0. The van der Waals surface area contributed by atoms with Crippen LogP contribution in [0.3, 0.4) is 0 Å². The second kappa shape index (κ2) is 5.45. The van der Waals surface area contributed by atoms with E-state index in [1.807, 2.05) is 6.92 Å². The van der Waals surface area contributed by atoms with Gasteiger partial charge in [0.05, 0.1) is 12.0 Å². The minimum absolute atomic E-state index is 0.0226. The van der Waals surface area contributed by atoms with Crippen molar-refractivity contribution in [2.45, 2.75) is 40.2 Å². The standard InChI is InChI=1S/C11H17BrN2O/c1-4-9(5-2)6-14-7-13-8(3)10(12)11(14)15/h7,9H,4-6H2,1-3H3. The van der Waals surface area contributed by atoms with E-state index in [1.165, 1.54) is 0 Å². The zero-order chi connectivity index (χ0) is 11.4. The molecule has 1 aromatic rings. The molecule has 84 valence electrons. The monoisotopic (exact) mass is 272 g/mol. The number of hydrogen-bond donors (Lipinski definition) is 0. The molecule has 15 heavy (non-hydrogen) atoms. The molecular weight excluding hydrogens is 256 g/mol. The molecule has 3 nitrogen and oxygen atoms in total. The molecule has 0 N–H and O–H groups in total. The van der Waals surface area contributed by atoms with Crippen molar-refractivity contribution in [2.75, 3.05) is 0 Å². The van der Waals surface area contributed by atoms with E-state index in [4.69, 9.17) is 0 Å². The molecule has 0 unspecified atom stereocenters. The maximum absolute atomic E-state index is 11.8. The van der Waals surface area contributed by atoms with E-state index in [0.717, 1.165) is 25.1 Å². The molecule has 0 saturated carbocycles.